The van der Waals surface area contributed by atoms with E-state index in [1.165, 1.54) is 11.1 Å². The van der Waals surface area contributed by atoms with E-state index in [1.54, 1.807) is 0 Å². The summed E-state index contributed by atoms with van der Waals surface area (Å²) in [7, 11) is 0. The second-order valence-corrected chi connectivity index (χ2v) is 8.40. The van der Waals surface area contributed by atoms with Gasteiger partial charge in [-0.1, -0.05) is 42.0 Å². The summed E-state index contributed by atoms with van der Waals surface area (Å²) in [5, 5.41) is 9.85. The van der Waals surface area contributed by atoms with Crippen LogP contribution in [0.1, 0.15) is 23.4 Å². The summed E-state index contributed by atoms with van der Waals surface area (Å²) >= 11 is 0. The van der Waals surface area contributed by atoms with Gasteiger partial charge in [0.25, 0.3) is 6.47 Å². The normalized spacial score (nSPS) is 20.7. The van der Waals surface area contributed by atoms with Crippen molar-refractivity contribution in [2.24, 2.45) is 0 Å². The Hall–Kier alpha value is -3.23. The van der Waals surface area contributed by atoms with Crippen molar-refractivity contribution >= 4 is 23.4 Å². The lowest BCUT2D eigenvalue weighted by Gasteiger charge is -2.33. The fourth-order valence-electron chi connectivity index (χ4n) is 4.40. The highest BCUT2D eigenvalue weighted by atomic mass is 16.5. The molecule has 2 saturated heterocycles. The molecule has 2 aromatic carbocycles. The molecule has 0 saturated carbocycles. The number of hydrogen-bond donors (Lipinski definition) is 2. The van der Waals surface area contributed by atoms with Crippen LogP contribution in [0.2, 0.25) is 0 Å². The molecule has 8 nitrogen and oxygen atoms in total. The van der Waals surface area contributed by atoms with E-state index in [9.17, 15) is 4.79 Å². The van der Waals surface area contributed by atoms with Gasteiger partial charge >= 0.3 is 0 Å². The van der Waals surface area contributed by atoms with Crippen LogP contribution in [0.5, 0.6) is 0 Å². The number of amides is 1. The van der Waals surface area contributed by atoms with Gasteiger partial charge in [-0.3, -0.25) is 14.5 Å². The van der Waals surface area contributed by atoms with Crippen molar-refractivity contribution in [3.63, 3.8) is 0 Å². The number of para-hydroxylation sites is 2. The monoisotopic (exact) mass is 436 g/mol. The number of aromatic nitrogens is 2. The molecule has 2 aliphatic heterocycles. The third-order valence-electron chi connectivity index (χ3n) is 6.07. The lowest BCUT2D eigenvalue weighted by Crippen LogP contribution is -2.53. The van der Waals surface area contributed by atoms with Gasteiger partial charge in [-0.25, -0.2) is 4.98 Å². The zero-order valence-corrected chi connectivity index (χ0v) is 18.2. The first-order chi connectivity index (χ1) is 15.5. The smallest absolute Gasteiger partial charge is 0.290 e. The number of imidazole rings is 1. The number of hydrogen-bond acceptors (Lipinski definition) is 5. The molecule has 1 unspecified atom stereocenters. The first-order valence-electron chi connectivity index (χ1n) is 10.7. The standard InChI is InChI=1S/C23H26N4O2.CH2O2/c1-17-6-8-18(9-7-17)12-27-20-5-3-2-4-19(20)25-21(27)13-26-11-10-23(16-26)15-24-22(28)14-29-23;2-1-3/h2-9H,10-16H2,1H3,(H,24,28);1H,(H,2,3). The molecular weight excluding hydrogens is 408 g/mol. The van der Waals surface area contributed by atoms with E-state index >= 15 is 0 Å². The van der Waals surface area contributed by atoms with Gasteiger partial charge < -0.3 is 19.7 Å². The van der Waals surface area contributed by atoms with Crippen LogP contribution in [0.25, 0.3) is 11.0 Å². The van der Waals surface area contributed by atoms with E-state index < -0.39 is 0 Å². The Morgan fingerprint density at radius 2 is 1.94 bits per heavy atom. The highest BCUT2D eigenvalue weighted by Crippen LogP contribution is 2.28. The number of aryl methyl sites for hydroxylation is 1. The summed E-state index contributed by atoms with van der Waals surface area (Å²) < 4.78 is 8.25. The number of benzene rings is 2. The maximum absolute atomic E-state index is 11.5. The number of ether oxygens (including phenoxy) is 1. The number of carbonyl (C=O) groups is 2. The van der Waals surface area contributed by atoms with E-state index in [0.717, 1.165) is 49.5 Å². The van der Waals surface area contributed by atoms with Crippen molar-refractivity contribution < 1.29 is 19.4 Å². The molecule has 0 radical (unpaired) electrons. The molecule has 3 aromatic rings. The van der Waals surface area contributed by atoms with Gasteiger partial charge in [0.1, 0.15) is 12.4 Å². The molecule has 2 aliphatic rings. The summed E-state index contributed by atoms with van der Waals surface area (Å²) in [4.78, 5) is 27.2. The maximum atomic E-state index is 11.5. The van der Waals surface area contributed by atoms with Crippen LogP contribution in [0.4, 0.5) is 0 Å². The number of fused-ring (bicyclic) bond motifs is 1. The molecule has 1 spiro atoms. The third-order valence-corrected chi connectivity index (χ3v) is 6.07. The second-order valence-electron chi connectivity index (χ2n) is 8.40. The predicted molar refractivity (Wildman–Crippen MR) is 120 cm³/mol. The van der Waals surface area contributed by atoms with E-state index in [-0.39, 0.29) is 24.6 Å². The van der Waals surface area contributed by atoms with E-state index in [2.05, 4.69) is 64.2 Å². The van der Waals surface area contributed by atoms with Crippen LogP contribution < -0.4 is 5.32 Å². The molecule has 0 bridgehead atoms. The topological polar surface area (TPSA) is 96.7 Å². The lowest BCUT2D eigenvalue weighted by molar-refractivity contribution is -0.142. The van der Waals surface area contributed by atoms with Gasteiger partial charge in [-0.2, -0.15) is 0 Å². The van der Waals surface area contributed by atoms with Crippen molar-refractivity contribution in [3.05, 3.63) is 65.5 Å². The Morgan fingerprint density at radius 1 is 1.19 bits per heavy atom. The molecule has 5 rings (SSSR count). The zero-order chi connectivity index (χ0) is 22.6. The summed E-state index contributed by atoms with van der Waals surface area (Å²) in [6, 6.07) is 17.0. The van der Waals surface area contributed by atoms with Gasteiger partial charge in [-0.05, 0) is 31.0 Å². The Labute approximate surface area is 186 Å². The Morgan fingerprint density at radius 3 is 2.66 bits per heavy atom. The Balaban J connectivity index is 0.000000775. The average molecular weight is 437 g/mol. The van der Waals surface area contributed by atoms with Crippen molar-refractivity contribution in [1.82, 2.24) is 19.8 Å². The molecule has 0 aliphatic carbocycles. The summed E-state index contributed by atoms with van der Waals surface area (Å²) in [6.45, 7) is 5.98. The van der Waals surface area contributed by atoms with Gasteiger partial charge in [-0.15, -0.1) is 0 Å². The first-order valence-corrected chi connectivity index (χ1v) is 10.7. The number of nitrogens with zero attached hydrogens (tertiary/aromatic N) is 3. The number of nitrogens with one attached hydrogen (secondary N) is 1. The summed E-state index contributed by atoms with van der Waals surface area (Å²) in [5.74, 6) is 1.05. The van der Waals surface area contributed by atoms with Crippen LogP contribution in [0, 0.1) is 6.92 Å². The van der Waals surface area contributed by atoms with Crippen molar-refractivity contribution in [1.29, 1.82) is 0 Å². The minimum Gasteiger partial charge on any atom is -0.483 e. The fraction of sp³-hybridized carbons (Fsp3) is 0.375. The predicted octanol–water partition coefficient (Wildman–Crippen LogP) is 2.18. The second kappa shape index (κ2) is 9.50. The van der Waals surface area contributed by atoms with Crippen LogP contribution in [-0.2, 0) is 27.4 Å². The minimum absolute atomic E-state index is 0.0195. The number of likely N-dealkylation sites (tertiary alicyclic amines) is 1. The molecule has 1 atom stereocenters. The minimum atomic E-state index is -0.250. The van der Waals surface area contributed by atoms with Crippen molar-refractivity contribution in [2.45, 2.75) is 32.0 Å². The maximum Gasteiger partial charge on any atom is 0.290 e. The fourth-order valence-corrected chi connectivity index (χ4v) is 4.40. The number of rotatable bonds is 4. The van der Waals surface area contributed by atoms with E-state index in [4.69, 9.17) is 19.6 Å². The van der Waals surface area contributed by atoms with Gasteiger partial charge in [0.2, 0.25) is 5.91 Å². The first kappa shape index (κ1) is 22.0. The van der Waals surface area contributed by atoms with Crippen LogP contribution in [-0.4, -0.2) is 63.8 Å². The van der Waals surface area contributed by atoms with Crippen LogP contribution in [0.3, 0.4) is 0 Å². The SMILES string of the molecule is Cc1ccc(Cn2c(CN3CCC4(CNC(=O)CO4)C3)nc3ccccc32)cc1.O=CO. The number of morpholine rings is 1. The Bertz CT molecular complexity index is 1080. The molecule has 2 N–H and O–H groups in total. The number of carboxylic acid groups (broad SMARTS) is 1. The quantitative estimate of drug-likeness (QED) is 0.609. The molecular formula is C24H28N4O4. The van der Waals surface area contributed by atoms with Crippen molar-refractivity contribution in [2.75, 3.05) is 26.2 Å². The molecule has 2 fully saturated rings. The highest BCUT2D eigenvalue weighted by Gasteiger charge is 2.42. The van der Waals surface area contributed by atoms with E-state index in [0.29, 0.717) is 6.54 Å². The van der Waals surface area contributed by atoms with Crippen molar-refractivity contribution in [3.8, 4) is 0 Å². The zero-order valence-electron chi connectivity index (χ0n) is 18.2. The molecule has 3 heterocycles. The highest BCUT2D eigenvalue weighted by molar-refractivity contribution is 5.78. The largest absolute Gasteiger partial charge is 0.483 e. The molecule has 32 heavy (non-hydrogen) atoms. The Kier molecular flexibility index (Phi) is 6.53. The summed E-state index contributed by atoms with van der Waals surface area (Å²) in [6.07, 6.45) is 0.936. The van der Waals surface area contributed by atoms with Gasteiger partial charge in [0, 0.05) is 26.2 Å². The average Bonchev–Trinajstić information content (AvgIpc) is 3.34. The molecule has 1 amide bonds. The van der Waals surface area contributed by atoms with Crippen LogP contribution >= 0.6 is 0 Å². The van der Waals surface area contributed by atoms with E-state index in [1.807, 2.05) is 6.07 Å². The van der Waals surface area contributed by atoms with Gasteiger partial charge in [0.15, 0.2) is 0 Å². The summed E-state index contributed by atoms with van der Waals surface area (Å²) in [5.41, 5.74) is 4.49. The molecule has 8 heteroatoms. The lowest BCUT2D eigenvalue weighted by atomic mass is 10.0. The molecule has 168 valence electrons. The van der Waals surface area contributed by atoms with Gasteiger partial charge in [0.05, 0.1) is 23.2 Å². The number of carbonyl (C=O) groups excluding carboxylic acids is 1. The van der Waals surface area contributed by atoms with Crippen LogP contribution in [0.15, 0.2) is 48.5 Å². The molecule has 1 aromatic heterocycles. The third kappa shape index (κ3) is 4.81.